The molecule has 0 atom stereocenters. The summed E-state index contributed by atoms with van der Waals surface area (Å²) in [5.41, 5.74) is 3.21. The number of nitrogens with zero attached hydrogens (tertiary/aromatic N) is 2. The Bertz CT molecular complexity index is 871. The van der Waals surface area contributed by atoms with Crippen molar-refractivity contribution in [2.45, 2.75) is 33.7 Å². The van der Waals surface area contributed by atoms with Gasteiger partial charge in [-0.3, -0.25) is 4.79 Å². The highest BCUT2D eigenvalue weighted by atomic mass is 16.5. The van der Waals surface area contributed by atoms with Gasteiger partial charge in [-0.05, 0) is 38.0 Å². The minimum Gasteiger partial charge on any atom is -0.453 e. The molecule has 26 heavy (non-hydrogen) atoms. The maximum atomic E-state index is 12.2. The molecule has 2 aromatic rings. The lowest BCUT2D eigenvalue weighted by Crippen LogP contribution is -2.15. The van der Waals surface area contributed by atoms with Crippen molar-refractivity contribution in [1.29, 1.82) is 5.26 Å². The topological polar surface area (TPSA) is 72.1 Å². The Labute approximate surface area is 153 Å². The van der Waals surface area contributed by atoms with Crippen LogP contribution in [-0.2, 0) is 16.1 Å². The summed E-state index contributed by atoms with van der Waals surface area (Å²) >= 11 is 0. The normalized spacial score (nSPS) is 11.1. The zero-order valence-electron chi connectivity index (χ0n) is 15.3. The predicted octanol–water partition coefficient (Wildman–Crippen LogP) is 3.85. The number of esters is 1. The third kappa shape index (κ3) is 4.48. The summed E-state index contributed by atoms with van der Waals surface area (Å²) in [6.07, 6.45) is 2.51. The van der Waals surface area contributed by atoms with Crippen molar-refractivity contribution >= 4 is 17.8 Å². The standard InChI is InChI=1S/C21H22N2O3/c1-4-10-23-15(2)11-18(16(23)3)12-19(13-22)21(25)26-14-20(24)17-8-6-5-7-9-17/h5-9,11-12H,4,10,14H2,1-3H3/b19-12+. The number of ketones is 1. The van der Waals surface area contributed by atoms with E-state index in [1.165, 1.54) is 6.08 Å². The number of hydrogen-bond acceptors (Lipinski definition) is 4. The van der Waals surface area contributed by atoms with Gasteiger partial charge in [-0.25, -0.2) is 4.79 Å². The molecule has 1 aromatic heterocycles. The van der Waals surface area contributed by atoms with Crippen molar-refractivity contribution in [3.63, 3.8) is 0 Å². The Morgan fingerprint density at radius 2 is 1.92 bits per heavy atom. The number of rotatable bonds is 7. The summed E-state index contributed by atoms with van der Waals surface area (Å²) in [4.78, 5) is 24.2. The van der Waals surface area contributed by atoms with Crippen LogP contribution in [0.15, 0.2) is 42.0 Å². The highest BCUT2D eigenvalue weighted by Gasteiger charge is 2.16. The van der Waals surface area contributed by atoms with Crippen LogP contribution < -0.4 is 0 Å². The van der Waals surface area contributed by atoms with E-state index in [0.717, 1.165) is 29.9 Å². The second-order valence-electron chi connectivity index (χ2n) is 6.01. The summed E-state index contributed by atoms with van der Waals surface area (Å²) in [6, 6.07) is 12.4. The lowest BCUT2D eigenvalue weighted by molar-refractivity contribution is -0.137. The minimum atomic E-state index is -0.794. The number of Topliss-reactive ketones (excluding diaryl/α,β-unsaturated/α-hetero) is 1. The fourth-order valence-electron chi connectivity index (χ4n) is 2.75. The zero-order chi connectivity index (χ0) is 19.1. The van der Waals surface area contributed by atoms with Crippen molar-refractivity contribution in [1.82, 2.24) is 4.57 Å². The van der Waals surface area contributed by atoms with Crippen LogP contribution in [-0.4, -0.2) is 22.9 Å². The van der Waals surface area contributed by atoms with E-state index in [2.05, 4.69) is 11.5 Å². The highest BCUT2D eigenvalue weighted by Crippen LogP contribution is 2.19. The lowest BCUT2D eigenvalue weighted by Gasteiger charge is -2.07. The van der Waals surface area contributed by atoms with Crippen molar-refractivity contribution in [3.05, 3.63) is 64.5 Å². The molecule has 0 saturated carbocycles. The molecule has 0 N–H and O–H groups in total. The predicted molar refractivity (Wildman–Crippen MR) is 99.5 cm³/mol. The van der Waals surface area contributed by atoms with Crippen molar-refractivity contribution < 1.29 is 14.3 Å². The van der Waals surface area contributed by atoms with Crippen LogP contribution in [0.1, 0.15) is 40.7 Å². The van der Waals surface area contributed by atoms with Crippen molar-refractivity contribution in [2.75, 3.05) is 6.61 Å². The Hall–Kier alpha value is -3.13. The monoisotopic (exact) mass is 350 g/mol. The van der Waals surface area contributed by atoms with Gasteiger partial charge in [0.15, 0.2) is 12.4 Å². The molecule has 0 spiro atoms. The van der Waals surface area contributed by atoms with Gasteiger partial charge in [0.1, 0.15) is 11.6 Å². The molecular formula is C21H22N2O3. The fourth-order valence-corrected chi connectivity index (χ4v) is 2.75. The smallest absolute Gasteiger partial charge is 0.349 e. The number of carbonyl (C=O) groups is 2. The first-order valence-electron chi connectivity index (χ1n) is 8.51. The van der Waals surface area contributed by atoms with Gasteiger partial charge in [-0.1, -0.05) is 37.3 Å². The summed E-state index contributed by atoms with van der Waals surface area (Å²) in [5.74, 6) is -1.10. The Kier molecular flexibility index (Phi) is 6.51. The van der Waals surface area contributed by atoms with Crippen LogP contribution in [0.3, 0.4) is 0 Å². The third-order valence-electron chi connectivity index (χ3n) is 4.13. The van der Waals surface area contributed by atoms with Crippen LogP contribution in [0, 0.1) is 25.2 Å². The SMILES string of the molecule is CCCn1c(C)cc(/C=C(\C#N)C(=O)OCC(=O)c2ccccc2)c1C. The highest BCUT2D eigenvalue weighted by molar-refractivity contribution is 6.01. The van der Waals surface area contributed by atoms with Gasteiger partial charge in [0.05, 0.1) is 0 Å². The number of ether oxygens (including phenoxy) is 1. The lowest BCUT2D eigenvalue weighted by atomic mass is 10.1. The quantitative estimate of drug-likeness (QED) is 0.329. The second-order valence-corrected chi connectivity index (χ2v) is 6.01. The van der Waals surface area contributed by atoms with Gasteiger partial charge in [0.2, 0.25) is 0 Å². The average Bonchev–Trinajstić information content (AvgIpc) is 2.92. The molecule has 0 saturated heterocycles. The molecule has 134 valence electrons. The molecule has 0 bridgehead atoms. The first-order valence-corrected chi connectivity index (χ1v) is 8.51. The Balaban J connectivity index is 2.12. The number of hydrogen-bond donors (Lipinski definition) is 0. The third-order valence-corrected chi connectivity index (χ3v) is 4.13. The number of benzene rings is 1. The molecule has 0 aliphatic carbocycles. The average molecular weight is 350 g/mol. The van der Waals surface area contributed by atoms with E-state index >= 15 is 0 Å². The molecule has 0 aliphatic heterocycles. The molecule has 1 heterocycles. The maximum Gasteiger partial charge on any atom is 0.349 e. The Morgan fingerprint density at radius 3 is 2.54 bits per heavy atom. The van der Waals surface area contributed by atoms with Crippen LogP contribution in [0.5, 0.6) is 0 Å². The number of aryl methyl sites for hydroxylation is 1. The molecule has 0 aliphatic rings. The molecule has 2 rings (SSSR count). The van der Waals surface area contributed by atoms with E-state index in [0.29, 0.717) is 5.56 Å². The van der Waals surface area contributed by atoms with Crippen molar-refractivity contribution in [3.8, 4) is 6.07 Å². The summed E-state index contributed by atoms with van der Waals surface area (Å²) in [7, 11) is 0. The number of aromatic nitrogens is 1. The van der Waals surface area contributed by atoms with Crippen LogP contribution in [0.25, 0.3) is 6.08 Å². The van der Waals surface area contributed by atoms with Gasteiger partial charge >= 0.3 is 5.97 Å². The number of nitriles is 1. The van der Waals surface area contributed by atoms with Crippen LogP contribution in [0.2, 0.25) is 0 Å². The molecule has 1 aromatic carbocycles. The Morgan fingerprint density at radius 1 is 1.23 bits per heavy atom. The molecule has 0 amide bonds. The van der Waals surface area contributed by atoms with Crippen LogP contribution >= 0.6 is 0 Å². The van der Waals surface area contributed by atoms with E-state index in [1.807, 2.05) is 26.0 Å². The van der Waals surface area contributed by atoms with Gasteiger partial charge in [-0.15, -0.1) is 0 Å². The number of carbonyl (C=O) groups excluding carboxylic acids is 2. The molecule has 0 unspecified atom stereocenters. The van der Waals surface area contributed by atoms with E-state index < -0.39 is 12.6 Å². The largest absolute Gasteiger partial charge is 0.453 e. The zero-order valence-corrected chi connectivity index (χ0v) is 15.3. The van der Waals surface area contributed by atoms with Gasteiger partial charge in [0, 0.05) is 23.5 Å². The summed E-state index contributed by atoms with van der Waals surface area (Å²) in [6.45, 7) is 6.52. The van der Waals surface area contributed by atoms with E-state index in [1.54, 1.807) is 30.3 Å². The first-order chi connectivity index (χ1) is 12.5. The van der Waals surface area contributed by atoms with Gasteiger partial charge in [0.25, 0.3) is 0 Å². The van der Waals surface area contributed by atoms with Crippen molar-refractivity contribution in [2.24, 2.45) is 0 Å². The van der Waals surface area contributed by atoms with E-state index in [-0.39, 0.29) is 11.4 Å². The molecule has 5 heteroatoms. The molecular weight excluding hydrogens is 328 g/mol. The van der Waals surface area contributed by atoms with Crippen LogP contribution in [0.4, 0.5) is 0 Å². The maximum absolute atomic E-state index is 12.2. The van der Waals surface area contributed by atoms with E-state index in [4.69, 9.17) is 4.74 Å². The van der Waals surface area contributed by atoms with E-state index in [9.17, 15) is 14.9 Å². The summed E-state index contributed by atoms with van der Waals surface area (Å²) < 4.78 is 7.17. The van der Waals surface area contributed by atoms with Gasteiger partial charge < -0.3 is 9.30 Å². The molecule has 5 nitrogen and oxygen atoms in total. The van der Waals surface area contributed by atoms with Gasteiger partial charge in [-0.2, -0.15) is 5.26 Å². The summed E-state index contributed by atoms with van der Waals surface area (Å²) in [5, 5.41) is 9.30. The molecule has 0 radical (unpaired) electrons. The second kappa shape index (κ2) is 8.82. The first kappa shape index (κ1) is 19.2. The fraction of sp³-hybridized carbons (Fsp3) is 0.286. The molecule has 0 fully saturated rings. The minimum absolute atomic E-state index is 0.123.